The largest absolute Gasteiger partial charge is 0.399 e. The van der Waals surface area contributed by atoms with E-state index in [1.54, 1.807) is 0 Å². The number of likely N-dealkylation sites (N-methyl/N-ethyl adjacent to an activating group) is 1. The topological polar surface area (TPSA) is 58.7 Å². The molecule has 4 nitrogen and oxygen atoms in total. The minimum atomic E-state index is -0.334. The predicted molar refractivity (Wildman–Crippen MR) is 89.8 cm³/mol. The van der Waals surface area contributed by atoms with E-state index in [0.717, 1.165) is 43.6 Å². The highest BCUT2D eigenvalue weighted by Gasteiger charge is 2.07. The molecule has 120 valence electrons. The summed E-state index contributed by atoms with van der Waals surface area (Å²) in [5, 5.41) is 9.73. The number of anilines is 2. The number of nitrogens with two attached hydrogens (primary N) is 1. The van der Waals surface area contributed by atoms with Gasteiger partial charge in [-0.3, -0.25) is 0 Å². The van der Waals surface area contributed by atoms with E-state index in [2.05, 4.69) is 24.8 Å². The first-order valence-corrected chi connectivity index (χ1v) is 7.95. The Kier molecular flexibility index (Phi) is 8.16. The van der Waals surface area contributed by atoms with Crippen molar-refractivity contribution in [2.75, 3.05) is 36.9 Å². The molecule has 4 heteroatoms. The highest BCUT2D eigenvalue weighted by Crippen LogP contribution is 2.20. The van der Waals surface area contributed by atoms with Crippen molar-refractivity contribution in [2.24, 2.45) is 0 Å². The first kappa shape index (κ1) is 17.8. The Bertz CT molecular complexity index is 410. The first-order valence-electron chi connectivity index (χ1n) is 7.95. The third-order valence-electron chi connectivity index (χ3n) is 3.71. The summed E-state index contributed by atoms with van der Waals surface area (Å²) < 4.78 is 5.58. The SMILES string of the molecule is CCCCC(O)COCCN(CC)c1ccc(N)c(C)c1. The van der Waals surface area contributed by atoms with Crippen LogP contribution in [0.2, 0.25) is 0 Å². The Hall–Kier alpha value is -1.26. The molecule has 0 fully saturated rings. The van der Waals surface area contributed by atoms with E-state index in [1.807, 2.05) is 19.1 Å². The van der Waals surface area contributed by atoms with Gasteiger partial charge in [-0.15, -0.1) is 0 Å². The third-order valence-corrected chi connectivity index (χ3v) is 3.71. The number of aliphatic hydroxyl groups excluding tert-OH is 1. The van der Waals surface area contributed by atoms with Crippen LogP contribution in [0, 0.1) is 6.92 Å². The van der Waals surface area contributed by atoms with Crippen molar-refractivity contribution in [3.63, 3.8) is 0 Å². The zero-order valence-corrected chi connectivity index (χ0v) is 13.6. The van der Waals surface area contributed by atoms with Gasteiger partial charge in [0.2, 0.25) is 0 Å². The summed E-state index contributed by atoms with van der Waals surface area (Å²) in [6.45, 7) is 9.07. The first-order chi connectivity index (χ1) is 10.1. The third kappa shape index (κ3) is 6.36. The van der Waals surface area contributed by atoms with Gasteiger partial charge in [0.05, 0.1) is 19.3 Å². The van der Waals surface area contributed by atoms with Crippen molar-refractivity contribution in [3.05, 3.63) is 23.8 Å². The van der Waals surface area contributed by atoms with Crippen LogP contribution in [-0.4, -0.2) is 37.5 Å². The van der Waals surface area contributed by atoms with Crippen molar-refractivity contribution in [3.8, 4) is 0 Å². The molecule has 0 aliphatic carbocycles. The highest BCUT2D eigenvalue weighted by molar-refractivity contribution is 5.57. The molecule has 0 radical (unpaired) electrons. The Morgan fingerprint density at radius 1 is 1.33 bits per heavy atom. The highest BCUT2D eigenvalue weighted by atomic mass is 16.5. The van der Waals surface area contributed by atoms with Gasteiger partial charge >= 0.3 is 0 Å². The van der Waals surface area contributed by atoms with Gasteiger partial charge in [-0.05, 0) is 44.0 Å². The van der Waals surface area contributed by atoms with Crippen LogP contribution >= 0.6 is 0 Å². The van der Waals surface area contributed by atoms with Crippen LogP contribution in [0.15, 0.2) is 18.2 Å². The average Bonchev–Trinajstić information content (AvgIpc) is 2.48. The Labute approximate surface area is 128 Å². The molecule has 3 N–H and O–H groups in total. The van der Waals surface area contributed by atoms with Gasteiger partial charge in [-0.2, -0.15) is 0 Å². The van der Waals surface area contributed by atoms with Gasteiger partial charge in [-0.25, -0.2) is 0 Å². The number of hydrogen-bond donors (Lipinski definition) is 2. The molecule has 0 bridgehead atoms. The zero-order valence-electron chi connectivity index (χ0n) is 13.6. The lowest BCUT2D eigenvalue weighted by Gasteiger charge is -2.24. The van der Waals surface area contributed by atoms with Crippen LogP contribution in [0.5, 0.6) is 0 Å². The number of nitrogens with zero attached hydrogens (tertiary/aromatic N) is 1. The van der Waals surface area contributed by atoms with E-state index < -0.39 is 0 Å². The Balaban J connectivity index is 2.36. The zero-order chi connectivity index (χ0) is 15.7. The van der Waals surface area contributed by atoms with Gasteiger partial charge < -0.3 is 20.5 Å². The summed E-state index contributed by atoms with van der Waals surface area (Å²) in [4.78, 5) is 2.25. The van der Waals surface area contributed by atoms with Gasteiger partial charge in [0.25, 0.3) is 0 Å². The number of benzene rings is 1. The number of ether oxygens (including phenoxy) is 1. The second-order valence-electron chi connectivity index (χ2n) is 5.49. The molecule has 0 aromatic heterocycles. The fraction of sp³-hybridized carbons (Fsp3) is 0.647. The molecule has 1 rings (SSSR count). The Morgan fingerprint density at radius 3 is 2.71 bits per heavy atom. The van der Waals surface area contributed by atoms with Crippen LogP contribution in [-0.2, 0) is 4.74 Å². The van der Waals surface area contributed by atoms with E-state index in [0.29, 0.717) is 13.2 Å². The summed E-state index contributed by atoms with van der Waals surface area (Å²) >= 11 is 0. The van der Waals surface area contributed by atoms with Crippen LogP contribution < -0.4 is 10.6 Å². The van der Waals surface area contributed by atoms with E-state index in [9.17, 15) is 5.11 Å². The molecule has 1 aromatic carbocycles. The maximum absolute atomic E-state index is 9.73. The molecular formula is C17H30N2O2. The summed E-state index contributed by atoms with van der Waals surface area (Å²) in [7, 11) is 0. The smallest absolute Gasteiger partial charge is 0.0773 e. The standard InChI is InChI=1S/C17H30N2O2/c1-4-6-7-16(20)13-21-11-10-19(5-2)15-8-9-17(18)14(3)12-15/h8-9,12,16,20H,4-7,10-11,13,18H2,1-3H3. The van der Waals surface area contributed by atoms with E-state index in [-0.39, 0.29) is 6.10 Å². The van der Waals surface area contributed by atoms with Crippen LogP contribution in [0.1, 0.15) is 38.7 Å². The summed E-state index contributed by atoms with van der Waals surface area (Å²) in [6.07, 6.45) is 2.65. The molecule has 0 aliphatic rings. The average molecular weight is 294 g/mol. The van der Waals surface area contributed by atoms with Crippen molar-refractivity contribution in [1.82, 2.24) is 0 Å². The summed E-state index contributed by atoms with van der Waals surface area (Å²) in [6, 6.07) is 6.10. The number of aliphatic hydroxyl groups is 1. The van der Waals surface area contributed by atoms with Crippen molar-refractivity contribution in [2.45, 2.75) is 46.1 Å². The van der Waals surface area contributed by atoms with E-state index in [1.165, 1.54) is 5.69 Å². The van der Waals surface area contributed by atoms with Gasteiger partial charge in [-0.1, -0.05) is 19.8 Å². The number of unbranched alkanes of at least 4 members (excludes halogenated alkanes) is 1. The molecular weight excluding hydrogens is 264 g/mol. The summed E-state index contributed by atoms with van der Waals surface area (Å²) in [5.74, 6) is 0. The molecule has 0 aliphatic heterocycles. The van der Waals surface area contributed by atoms with Crippen molar-refractivity contribution >= 4 is 11.4 Å². The maximum Gasteiger partial charge on any atom is 0.0773 e. The van der Waals surface area contributed by atoms with E-state index >= 15 is 0 Å². The van der Waals surface area contributed by atoms with E-state index in [4.69, 9.17) is 10.5 Å². The van der Waals surface area contributed by atoms with Crippen LogP contribution in [0.3, 0.4) is 0 Å². The predicted octanol–water partition coefficient (Wildman–Crippen LogP) is 2.97. The monoisotopic (exact) mass is 294 g/mol. The molecule has 0 heterocycles. The number of rotatable bonds is 10. The van der Waals surface area contributed by atoms with Crippen LogP contribution in [0.4, 0.5) is 11.4 Å². The lowest BCUT2D eigenvalue weighted by Crippen LogP contribution is -2.28. The van der Waals surface area contributed by atoms with Crippen LogP contribution in [0.25, 0.3) is 0 Å². The van der Waals surface area contributed by atoms with Gasteiger partial charge in [0, 0.05) is 24.5 Å². The maximum atomic E-state index is 9.73. The minimum Gasteiger partial charge on any atom is -0.399 e. The fourth-order valence-corrected chi connectivity index (χ4v) is 2.24. The number of aryl methyl sites for hydroxylation is 1. The van der Waals surface area contributed by atoms with Crippen molar-refractivity contribution in [1.29, 1.82) is 0 Å². The molecule has 0 amide bonds. The molecule has 1 unspecified atom stereocenters. The fourth-order valence-electron chi connectivity index (χ4n) is 2.24. The lowest BCUT2D eigenvalue weighted by molar-refractivity contribution is 0.0344. The molecule has 0 saturated carbocycles. The van der Waals surface area contributed by atoms with Crippen molar-refractivity contribution < 1.29 is 9.84 Å². The normalized spacial score (nSPS) is 12.4. The number of nitrogen functional groups attached to an aromatic ring is 1. The second kappa shape index (κ2) is 9.64. The second-order valence-corrected chi connectivity index (χ2v) is 5.49. The molecule has 0 spiro atoms. The minimum absolute atomic E-state index is 0.334. The summed E-state index contributed by atoms with van der Waals surface area (Å²) in [5.41, 5.74) is 8.94. The Morgan fingerprint density at radius 2 is 2.10 bits per heavy atom. The van der Waals surface area contributed by atoms with Gasteiger partial charge in [0.1, 0.15) is 0 Å². The lowest BCUT2D eigenvalue weighted by atomic mass is 10.1. The molecule has 1 aromatic rings. The molecule has 1 atom stereocenters. The number of hydrogen-bond acceptors (Lipinski definition) is 4. The molecule has 0 saturated heterocycles. The molecule has 21 heavy (non-hydrogen) atoms. The quantitative estimate of drug-likeness (QED) is 0.514. The van der Waals surface area contributed by atoms with Gasteiger partial charge in [0.15, 0.2) is 0 Å².